The second kappa shape index (κ2) is 8.67. The lowest BCUT2D eigenvalue weighted by atomic mass is 10.2. The van der Waals surface area contributed by atoms with Crippen LogP contribution in [-0.4, -0.2) is 9.97 Å². The number of nitrogens with zero attached hydrogens (tertiary/aromatic N) is 2. The highest BCUT2D eigenvalue weighted by atomic mass is 32.2. The highest BCUT2D eigenvalue weighted by Gasteiger charge is 2.07. The molecule has 0 atom stereocenters. The summed E-state index contributed by atoms with van der Waals surface area (Å²) < 4.78 is 5.99. The lowest BCUT2D eigenvalue weighted by molar-refractivity contribution is 0.453. The molecule has 0 fully saturated rings. The minimum Gasteiger partial charge on any atom is -0.439 e. The van der Waals surface area contributed by atoms with Crippen molar-refractivity contribution < 1.29 is 4.74 Å². The van der Waals surface area contributed by atoms with Crippen LogP contribution >= 0.6 is 11.8 Å². The number of thioether (sulfide) groups is 1. The van der Waals surface area contributed by atoms with E-state index in [9.17, 15) is 0 Å². The molecule has 1 heterocycles. The van der Waals surface area contributed by atoms with Gasteiger partial charge in [-0.2, -0.15) is 4.98 Å². The van der Waals surface area contributed by atoms with Crippen LogP contribution in [0.4, 0.5) is 0 Å². The van der Waals surface area contributed by atoms with Gasteiger partial charge in [0.2, 0.25) is 5.88 Å². The maximum absolute atomic E-state index is 5.99. The Balaban J connectivity index is 1.77. The lowest BCUT2D eigenvalue weighted by Gasteiger charge is -2.09. The van der Waals surface area contributed by atoms with E-state index in [1.165, 1.54) is 11.1 Å². The van der Waals surface area contributed by atoms with E-state index < -0.39 is 0 Å². The van der Waals surface area contributed by atoms with E-state index in [1.807, 2.05) is 24.3 Å². The molecule has 0 saturated carbocycles. The lowest BCUT2D eigenvalue weighted by Crippen LogP contribution is -1.97. The first-order chi connectivity index (χ1) is 12.3. The van der Waals surface area contributed by atoms with Crippen molar-refractivity contribution in [2.24, 2.45) is 0 Å². The predicted octanol–water partition coefficient (Wildman–Crippen LogP) is 5.69. The van der Waals surface area contributed by atoms with Crippen LogP contribution in [-0.2, 0) is 18.6 Å². The van der Waals surface area contributed by atoms with E-state index in [2.05, 4.69) is 60.2 Å². The summed E-state index contributed by atoms with van der Waals surface area (Å²) in [5, 5.41) is 0.754. The number of rotatable bonds is 7. The van der Waals surface area contributed by atoms with Gasteiger partial charge in [0.15, 0.2) is 5.16 Å². The molecule has 0 aliphatic rings. The van der Waals surface area contributed by atoms with Crippen LogP contribution in [0.15, 0.2) is 65.8 Å². The van der Waals surface area contributed by atoms with Crippen LogP contribution in [0.5, 0.6) is 11.6 Å². The van der Waals surface area contributed by atoms with Crippen LogP contribution in [0.3, 0.4) is 0 Å². The Bertz CT molecular complexity index is 821. The quantitative estimate of drug-likeness (QED) is 0.405. The molecule has 0 spiro atoms. The maximum atomic E-state index is 5.99. The fourth-order valence-corrected chi connectivity index (χ4v) is 3.24. The summed E-state index contributed by atoms with van der Waals surface area (Å²) in [6.07, 6.45) is 1.84. The van der Waals surface area contributed by atoms with Gasteiger partial charge in [0.1, 0.15) is 5.75 Å². The number of benzene rings is 2. The summed E-state index contributed by atoms with van der Waals surface area (Å²) >= 11 is 1.63. The van der Waals surface area contributed by atoms with Crippen molar-refractivity contribution in [1.82, 2.24) is 9.97 Å². The topological polar surface area (TPSA) is 35.0 Å². The molecule has 0 N–H and O–H groups in total. The van der Waals surface area contributed by atoms with Gasteiger partial charge < -0.3 is 4.74 Å². The molecule has 3 rings (SSSR count). The van der Waals surface area contributed by atoms with Gasteiger partial charge in [-0.1, -0.05) is 68.1 Å². The molecule has 3 nitrogen and oxygen atoms in total. The summed E-state index contributed by atoms with van der Waals surface area (Å²) in [7, 11) is 0. The van der Waals surface area contributed by atoms with Crippen LogP contribution in [0.2, 0.25) is 0 Å². The minimum absolute atomic E-state index is 0.607. The molecule has 0 amide bonds. The Morgan fingerprint density at radius 1 is 0.840 bits per heavy atom. The molecule has 128 valence electrons. The molecule has 0 aliphatic heterocycles. The molecule has 0 saturated heterocycles. The molecular weight excluding hydrogens is 328 g/mol. The third-order valence-corrected chi connectivity index (χ3v) is 4.76. The van der Waals surface area contributed by atoms with Crippen LogP contribution in [0.1, 0.15) is 30.7 Å². The molecule has 0 bridgehead atoms. The van der Waals surface area contributed by atoms with Gasteiger partial charge in [-0.3, -0.25) is 0 Å². The van der Waals surface area contributed by atoms with E-state index >= 15 is 0 Å². The van der Waals surface area contributed by atoms with E-state index in [0.717, 1.165) is 35.2 Å². The Hall–Kier alpha value is -2.33. The minimum atomic E-state index is 0.607. The van der Waals surface area contributed by atoms with Crippen molar-refractivity contribution in [1.29, 1.82) is 0 Å². The van der Waals surface area contributed by atoms with Gasteiger partial charge in [0.05, 0.1) is 0 Å². The molecule has 0 unspecified atom stereocenters. The Morgan fingerprint density at radius 3 is 2.40 bits per heavy atom. The first kappa shape index (κ1) is 17.5. The van der Waals surface area contributed by atoms with Crippen LogP contribution in [0.25, 0.3) is 0 Å². The number of hydrogen-bond donors (Lipinski definition) is 0. The fourth-order valence-electron chi connectivity index (χ4n) is 2.42. The van der Waals surface area contributed by atoms with Crippen LogP contribution < -0.4 is 4.74 Å². The van der Waals surface area contributed by atoms with Crippen molar-refractivity contribution in [2.45, 2.75) is 37.6 Å². The number of hydrogen-bond acceptors (Lipinski definition) is 4. The summed E-state index contributed by atoms with van der Waals surface area (Å²) in [6.45, 7) is 4.23. The molecule has 0 aliphatic carbocycles. The van der Waals surface area contributed by atoms with Crippen molar-refractivity contribution >= 4 is 11.8 Å². The molecule has 2 aromatic carbocycles. The van der Waals surface area contributed by atoms with Gasteiger partial charge in [0.25, 0.3) is 0 Å². The SMILES string of the molecule is CCc1cccc(Oc2cc(CC)nc(SCc3ccccc3)n2)c1. The van der Waals surface area contributed by atoms with Crippen LogP contribution in [0, 0.1) is 0 Å². The highest BCUT2D eigenvalue weighted by Crippen LogP contribution is 2.26. The summed E-state index contributed by atoms with van der Waals surface area (Å²) in [6, 6.07) is 20.4. The molecular formula is C21H22N2OS. The van der Waals surface area contributed by atoms with Gasteiger partial charge >= 0.3 is 0 Å². The molecule has 4 heteroatoms. The molecule has 0 radical (unpaired) electrons. The van der Waals surface area contributed by atoms with Crippen molar-refractivity contribution in [3.63, 3.8) is 0 Å². The first-order valence-electron chi connectivity index (χ1n) is 8.58. The zero-order valence-corrected chi connectivity index (χ0v) is 15.4. The third kappa shape index (κ3) is 5.07. The van der Waals surface area contributed by atoms with E-state index in [4.69, 9.17) is 4.74 Å². The van der Waals surface area contributed by atoms with E-state index in [1.54, 1.807) is 11.8 Å². The van der Waals surface area contributed by atoms with E-state index in [0.29, 0.717) is 5.88 Å². The van der Waals surface area contributed by atoms with Gasteiger partial charge in [-0.25, -0.2) is 4.98 Å². The summed E-state index contributed by atoms with van der Waals surface area (Å²) in [5.74, 6) is 2.27. The third-order valence-electron chi connectivity index (χ3n) is 3.84. The Kier molecular flexibility index (Phi) is 6.07. The average Bonchev–Trinajstić information content (AvgIpc) is 2.67. The van der Waals surface area contributed by atoms with Gasteiger partial charge in [0, 0.05) is 17.5 Å². The zero-order chi connectivity index (χ0) is 17.5. The standard InChI is InChI=1S/C21H22N2OS/c1-3-16-11-8-12-19(13-16)24-20-14-18(4-2)22-21(23-20)25-15-17-9-6-5-7-10-17/h5-14H,3-4,15H2,1-2H3. The number of aryl methyl sites for hydroxylation is 2. The summed E-state index contributed by atoms with van der Waals surface area (Å²) in [4.78, 5) is 9.19. The van der Waals surface area contributed by atoms with Gasteiger partial charge in [-0.05, 0) is 36.1 Å². The van der Waals surface area contributed by atoms with Crippen molar-refractivity contribution in [3.8, 4) is 11.6 Å². The largest absolute Gasteiger partial charge is 0.439 e. The maximum Gasteiger partial charge on any atom is 0.223 e. The normalized spacial score (nSPS) is 10.6. The highest BCUT2D eigenvalue weighted by molar-refractivity contribution is 7.98. The predicted molar refractivity (Wildman–Crippen MR) is 103 cm³/mol. The Morgan fingerprint density at radius 2 is 1.64 bits per heavy atom. The Labute approximate surface area is 153 Å². The summed E-state index contributed by atoms with van der Waals surface area (Å²) in [5.41, 5.74) is 3.50. The molecule has 1 aromatic heterocycles. The zero-order valence-electron chi connectivity index (χ0n) is 14.6. The van der Waals surface area contributed by atoms with Crippen molar-refractivity contribution in [3.05, 3.63) is 77.5 Å². The monoisotopic (exact) mass is 350 g/mol. The van der Waals surface area contributed by atoms with E-state index in [-0.39, 0.29) is 0 Å². The average molecular weight is 350 g/mol. The van der Waals surface area contributed by atoms with Gasteiger partial charge in [-0.15, -0.1) is 0 Å². The first-order valence-corrected chi connectivity index (χ1v) is 9.57. The smallest absolute Gasteiger partial charge is 0.223 e. The fraction of sp³-hybridized carbons (Fsp3) is 0.238. The molecule has 25 heavy (non-hydrogen) atoms. The second-order valence-corrected chi connectivity index (χ2v) is 6.65. The second-order valence-electron chi connectivity index (χ2n) is 5.71. The number of aromatic nitrogens is 2. The number of ether oxygens (including phenoxy) is 1. The molecule has 3 aromatic rings. The van der Waals surface area contributed by atoms with Crippen molar-refractivity contribution in [2.75, 3.05) is 0 Å².